The van der Waals surface area contributed by atoms with E-state index >= 15 is 0 Å². The molecule has 1 heteroatoms. The highest BCUT2D eigenvalue weighted by atomic mass is 32.1. The molecule has 1 aromatic rings. The molecule has 44 valence electrons. The van der Waals surface area contributed by atoms with Crippen molar-refractivity contribution in [1.29, 1.82) is 0 Å². The molecule has 9 heavy (non-hydrogen) atoms. The Morgan fingerprint density at radius 2 is 2.11 bits per heavy atom. The lowest BCUT2D eigenvalue weighted by Crippen LogP contribution is -1.80. The van der Waals surface area contributed by atoms with Crippen molar-refractivity contribution in [1.82, 2.24) is 0 Å². The minimum absolute atomic E-state index is 1.06. The maximum Gasteiger partial charge on any atom is 0.00954 e. The number of hydrogen-bond acceptors (Lipinski definition) is 1. The number of aryl methyl sites for hydroxylation is 1. The summed E-state index contributed by atoms with van der Waals surface area (Å²) in [7, 11) is 0. The van der Waals surface area contributed by atoms with Gasteiger partial charge < -0.3 is 0 Å². The van der Waals surface area contributed by atoms with Gasteiger partial charge in [-0.3, -0.25) is 0 Å². The predicted molar refractivity (Wildman–Crippen MR) is 41.6 cm³/mol. The molecule has 0 aliphatic heterocycles. The zero-order valence-corrected chi connectivity index (χ0v) is 5.96. The third kappa shape index (κ3) is 1.28. The molecule has 0 saturated heterocycles. The first-order valence-electron chi connectivity index (χ1n) is 2.68. The van der Waals surface area contributed by atoms with E-state index in [9.17, 15) is 0 Å². The van der Waals surface area contributed by atoms with Crippen molar-refractivity contribution < 1.29 is 0 Å². The highest BCUT2D eigenvalue weighted by Gasteiger charge is 1.87. The summed E-state index contributed by atoms with van der Waals surface area (Å²) in [4.78, 5) is 0. The molecule has 0 atom stereocenters. The molecule has 0 bridgehead atoms. The standard InChI is InChI=1S/C8H6S/c1-7-4-2-3-5-8(7)6-9/h4-6H,1H3. The topological polar surface area (TPSA) is 0 Å². The van der Waals surface area contributed by atoms with Crippen LogP contribution in [0, 0.1) is 19.1 Å². The van der Waals surface area contributed by atoms with Gasteiger partial charge in [0.2, 0.25) is 0 Å². The van der Waals surface area contributed by atoms with E-state index < -0.39 is 0 Å². The molecular weight excluding hydrogens is 128 g/mol. The summed E-state index contributed by atoms with van der Waals surface area (Å²) in [6.07, 6.45) is 0. The molecule has 0 fully saturated rings. The third-order valence-corrected chi connectivity index (χ3v) is 1.44. The molecule has 0 spiro atoms. The molecule has 0 radical (unpaired) electrons. The van der Waals surface area contributed by atoms with Gasteiger partial charge in [0.05, 0.1) is 0 Å². The lowest BCUT2D eigenvalue weighted by atomic mass is 10.2. The van der Waals surface area contributed by atoms with Gasteiger partial charge in [-0.1, -0.05) is 24.4 Å². The molecule has 0 saturated carbocycles. The molecule has 0 aliphatic rings. The Kier molecular flexibility index (Phi) is 1.81. The van der Waals surface area contributed by atoms with Crippen molar-refractivity contribution >= 4 is 17.6 Å². The first kappa shape index (κ1) is 6.25. The second-order valence-corrected chi connectivity index (χ2v) is 2.07. The van der Waals surface area contributed by atoms with Crippen molar-refractivity contribution in [2.75, 3.05) is 0 Å². The molecule has 1 rings (SSSR count). The Balaban J connectivity index is 3.15. The van der Waals surface area contributed by atoms with Crippen LogP contribution in [0.2, 0.25) is 0 Å². The summed E-state index contributed by atoms with van der Waals surface area (Å²) < 4.78 is 0. The van der Waals surface area contributed by atoms with E-state index in [0.29, 0.717) is 0 Å². The van der Waals surface area contributed by atoms with Crippen LogP contribution in [0.25, 0.3) is 0 Å². The van der Waals surface area contributed by atoms with E-state index in [2.05, 4.69) is 12.1 Å². The Hall–Kier alpha value is -0.870. The SMILES string of the molecule is Cc1cc#ccc1C=S. The van der Waals surface area contributed by atoms with Crippen LogP contribution in [-0.2, 0) is 0 Å². The lowest BCUT2D eigenvalue weighted by Gasteiger charge is -1.90. The Bertz CT molecular complexity index is 216. The van der Waals surface area contributed by atoms with Crippen molar-refractivity contribution in [2.45, 2.75) is 6.92 Å². The fourth-order valence-electron chi connectivity index (χ4n) is 0.593. The lowest BCUT2D eigenvalue weighted by molar-refractivity contribution is 1.47. The quantitative estimate of drug-likeness (QED) is 0.529. The zero-order valence-electron chi connectivity index (χ0n) is 5.14. The zero-order chi connectivity index (χ0) is 6.69. The van der Waals surface area contributed by atoms with E-state index in [1.807, 2.05) is 19.1 Å². The number of thiocarbonyl (C=S) groups is 1. The Morgan fingerprint density at radius 1 is 1.44 bits per heavy atom. The van der Waals surface area contributed by atoms with Gasteiger partial charge in [0.25, 0.3) is 0 Å². The minimum Gasteiger partial charge on any atom is -0.0880 e. The monoisotopic (exact) mass is 134 g/mol. The van der Waals surface area contributed by atoms with Crippen LogP contribution in [0.3, 0.4) is 0 Å². The molecule has 1 aromatic carbocycles. The fraction of sp³-hybridized carbons (Fsp3) is 0.125. The maximum atomic E-state index is 4.75. The van der Waals surface area contributed by atoms with Gasteiger partial charge in [-0.2, -0.15) is 0 Å². The van der Waals surface area contributed by atoms with Gasteiger partial charge in [-0.15, -0.1) is 0 Å². The van der Waals surface area contributed by atoms with Gasteiger partial charge in [-0.25, -0.2) is 0 Å². The first-order chi connectivity index (χ1) is 4.34. The van der Waals surface area contributed by atoms with Crippen molar-refractivity contribution in [3.63, 3.8) is 0 Å². The van der Waals surface area contributed by atoms with Crippen molar-refractivity contribution in [3.8, 4) is 0 Å². The average Bonchev–Trinajstić information content (AvgIpc) is 1.89. The molecule has 0 unspecified atom stereocenters. The molecular formula is C8H6S. The average molecular weight is 134 g/mol. The smallest absolute Gasteiger partial charge is 0.00954 e. The molecule has 0 N–H and O–H groups in total. The van der Waals surface area contributed by atoms with Crippen LogP contribution in [0.4, 0.5) is 0 Å². The largest absolute Gasteiger partial charge is 0.0880 e. The molecule has 0 aliphatic carbocycles. The number of hydrogen-bond donors (Lipinski definition) is 0. The van der Waals surface area contributed by atoms with Gasteiger partial charge in [0.1, 0.15) is 0 Å². The summed E-state index contributed by atoms with van der Waals surface area (Å²) in [6, 6.07) is 9.38. The van der Waals surface area contributed by atoms with Gasteiger partial charge >= 0.3 is 0 Å². The maximum absolute atomic E-state index is 4.75. The van der Waals surface area contributed by atoms with E-state index in [-0.39, 0.29) is 0 Å². The summed E-state index contributed by atoms with van der Waals surface area (Å²) in [6.45, 7) is 2.00. The van der Waals surface area contributed by atoms with Crippen LogP contribution in [0.5, 0.6) is 0 Å². The van der Waals surface area contributed by atoms with E-state index in [4.69, 9.17) is 12.2 Å². The van der Waals surface area contributed by atoms with Crippen LogP contribution in [0.15, 0.2) is 12.1 Å². The minimum atomic E-state index is 1.06. The van der Waals surface area contributed by atoms with Crippen LogP contribution < -0.4 is 0 Å². The van der Waals surface area contributed by atoms with Crippen molar-refractivity contribution in [2.24, 2.45) is 0 Å². The third-order valence-electron chi connectivity index (χ3n) is 1.18. The highest BCUT2D eigenvalue weighted by molar-refractivity contribution is 7.79. The van der Waals surface area contributed by atoms with Gasteiger partial charge in [0.15, 0.2) is 0 Å². The Morgan fingerprint density at radius 3 is 2.56 bits per heavy atom. The normalized spacial score (nSPS) is 8.11. The summed E-state index contributed by atoms with van der Waals surface area (Å²) in [5.74, 6) is 0. The molecule has 0 amide bonds. The summed E-state index contributed by atoms with van der Waals surface area (Å²) >= 11 is 4.75. The van der Waals surface area contributed by atoms with E-state index in [1.54, 1.807) is 5.37 Å². The van der Waals surface area contributed by atoms with Gasteiger partial charge in [-0.05, 0) is 30.2 Å². The molecule has 0 heterocycles. The fourth-order valence-corrected chi connectivity index (χ4v) is 0.847. The Labute approximate surface area is 60.5 Å². The second-order valence-electron chi connectivity index (χ2n) is 1.83. The van der Waals surface area contributed by atoms with E-state index in [0.717, 1.165) is 11.1 Å². The summed E-state index contributed by atoms with van der Waals surface area (Å²) in [5.41, 5.74) is 2.22. The number of rotatable bonds is 1. The predicted octanol–water partition coefficient (Wildman–Crippen LogP) is 1.94. The van der Waals surface area contributed by atoms with Crippen LogP contribution in [-0.4, -0.2) is 5.37 Å². The van der Waals surface area contributed by atoms with Crippen LogP contribution in [0.1, 0.15) is 11.1 Å². The van der Waals surface area contributed by atoms with E-state index in [1.165, 1.54) is 0 Å². The van der Waals surface area contributed by atoms with Gasteiger partial charge in [0, 0.05) is 5.37 Å². The molecule has 0 aromatic heterocycles. The van der Waals surface area contributed by atoms with Crippen LogP contribution >= 0.6 is 12.2 Å². The second kappa shape index (κ2) is 2.61. The summed E-state index contributed by atoms with van der Waals surface area (Å²) in [5, 5.41) is 1.65. The van der Waals surface area contributed by atoms with Crippen molar-refractivity contribution in [3.05, 3.63) is 35.4 Å². The highest BCUT2D eigenvalue weighted by Crippen LogP contribution is 1.99. The molecule has 0 nitrogen and oxygen atoms in total. The first-order valence-corrected chi connectivity index (χ1v) is 3.15.